The lowest BCUT2D eigenvalue weighted by molar-refractivity contribution is -0.115. The average Bonchev–Trinajstić information content (AvgIpc) is 3.20. The van der Waals surface area contributed by atoms with E-state index in [1.54, 1.807) is 60.8 Å². The number of hydrogen-bond acceptors (Lipinski definition) is 6. The molecule has 0 atom stereocenters. The minimum absolute atomic E-state index is 0.00354. The number of carbonyl (C=O) groups excluding carboxylic acids is 2. The highest BCUT2D eigenvalue weighted by atomic mass is 79.9. The summed E-state index contributed by atoms with van der Waals surface area (Å²) < 4.78 is 7.12. The van der Waals surface area contributed by atoms with E-state index in [4.69, 9.17) is 16.3 Å². The minimum atomic E-state index is -0.648. The Bertz CT molecular complexity index is 1400. The molecular formula is C23H17BrClN3O4S. The van der Waals surface area contributed by atoms with Gasteiger partial charge in [-0.2, -0.15) is 9.78 Å². The zero-order chi connectivity index (χ0) is 23.5. The van der Waals surface area contributed by atoms with Crippen LogP contribution in [0.2, 0.25) is 5.02 Å². The largest absolute Gasteiger partial charge is 0.461 e. The molecule has 1 N–H and O–H groups in total. The summed E-state index contributed by atoms with van der Waals surface area (Å²) in [6.45, 7) is 1.85. The summed E-state index contributed by atoms with van der Waals surface area (Å²) in [4.78, 5) is 38.7. The van der Waals surface area contributed by atoms with Crippen molar-refractivity contribution < 1.29 is 14.3 Å². The quantitative estimate of drug-likeness (QED) is 0.335. The highest BCUT2D eigenvalue weighted by Gasteiger charge is 2.23. The van der Waals surface area contributed by atoms with E-state index in [0.29, 0.717) is 21.1 Å². The maximum Gasteiger partial charge on any atom is 0.359 e. The number of benzene rings is 2. The van der Waals surface area contributed by atoms with Crippen molar-refractivity contribution in [3.05, 3.63) is 85.0 Å². The van der Waals surface area contributed by atoms with Crippen molar-refractivity contribution in [2.24, 2.45) is 0 Å². The first-order valence-corrected chi connectivity index (χ1v) is 11.9. The van der Waals surface area contributed by atoms with Gasteiger partial charge in [0.05, 0.1) is 24.1 Å². The Labute approximate surface area is 206 Å². The Morgan fingerprint density at radius 2 is 1.85 bits per heavy atom. The first kappa shape index (κ1) is 23.2. The highest BCUT2D eigenvalue weighted by molar-refractivity contribution is 9.10. The monoisotopic (exact) mass is 545 g/mol. The van der Waals surface area contributed by atoms with E-state index < -0.39 is 11.5 Å². The molecule has 0 unspecified atom stereocenters. The van der Waals surface area contributed by atoms with Crippen LogP contribution in [-0.4, -0.2) is 28.3 Å². The van der Waals surface area contributed by atoms with Gasteiger partial charge in [0.25, 0.3) is 5.56 Å². The molecule has 7 nitrogen and oxygen atoms in total. The molecule has 33 heavy (non-hydrogen) atoms. The molecule has 0 aliphatic rings. The Balaban J connectivity index is 1.78. The predicted molar refractivity (Wildman–Crippen MR) is 133 cm³/mol. The number of nitrogens with one attached hydrogen (secondary N) is 1. The van der Waals surface area contributed by atoms with Gasteiger partial charge in [0, 0.05) is 20.3 Å². The normalized spacial score (nSPS) is 10.9. The number of anilines is 1. The molecule has 0 aliphatic heterocycles. The van der Waals surface area contributed by atoms with Crippen LogP contribution in [0.3, 0.4) is 0 Å². The number of ether oxygens (including phenoxy) is 1. The SMILES string of the molecule is CCOC(=O)c1nn(-c2ccc(Br)cc2)c(=O)c2c(NC(=O)Cc3ccc(Cl)cc3)scc12. The third-order valence-corrected chi connectivity index (χ3v) is 6.40. The fraction of sp³-hybridized carbons (Fsp3) is 0.130. The topological polar surface area (TPSA) is 90.3 Å². The van der Waals surface area contributed by atoms with Gasteiger partial charge in [-0.15, -0.1) is 11.3 Å². The standard InChI is InChI=1S/C23H17BrClN3O4S/c1-2-32-23(31)20-17-12-33-21(26-18(29)11-13-3-7-15(25)8-4-13)19(17)22(30)28(27-20)16-9-5-14(24)6-10-16/h3-10,12H,2,11H2,1H3,(H,26,29). The second-order valence-electron chi connectivity index (χ2n) is 6.97. The molecule has 4 aromatic rings. The van der Waals surface area contributed by atoms with Crippen molar-refractivity contribution in [2.75, 3.05) is 11.9 Å². The van der Waals surface area contributed by atoms with Crippen LogP contribution >= 0.6 is 38.9 Å². The lowest BCUT2D eigenvalue weighted by Gasteiger charge is -2.10. The number of esters is 1. The lowest BCUT2D eigenvalue weighted by atomic mass is 10.1. The summed E-state index contributed by atoms with van der Waals surface area (Å²) in [5.74, 6) is -0.949. The molecule has 0 bridgehead atoms. The summed E-state index contributed by atoms with van der Waals surface area (Å²) in [7, 11) is 0. The zero-order valence-corrected chi connectivity index (χ0v) is 20.5. The molecule has 1 amide bonds. The Kier molecular flexibility index (Phi) is 6.92. The van der Waals surface area contributed by atoms with Gasteiger partial charge in [0.1, 0.15) is 5.00 Å². The molecule has 0 spiro atoms. The molecule has 2 aromatic heterocycles. The van der Waals surface area contributed by atoms with E-state index in [1.807, 2.05) is 0 Å². The summed E-state index contributed by atoms with van der Waals surface area (Å²) in [5, 5.41) is 10.2. The van der Waals surface area contributed by atoms with Crippen LogP contribution in [0.1, 0.15) is 23.0 Å². The molecule has 0 saturated heterocycles. The number of fused-ring (bicyclic) bond motifs is 1. The number of aromatic nitrogens is 2. The van der Waals surface area contributed by atoms with Gasteiger partial charge in [-0.1, -0.05) is 39.7 Å². The maximum atomic E-state index is 13.4. The summed E-state index contributed by atoms with van der Waals surface area (Å²) in [6, 6.07) is 13.9. The fourth-order valence-electron chi connectivity index (χ4n) is 3.21. The minimum Gasteiger partial charge on any atom is -0.461 e. The van der Waals surface area contributed by atoms with Gasteiger partial charge in [-0.3, -0.25) is 9.59 Å². The van der Waals surface area contributed by atoms with Crippen LogP contribution in [0.25, 0.3) is 16.5 Å². The highest BCUT2D eigenvalue weighted by Crippen LogP contribution is 2.31. The lowest BCUT2D eigenvalue weighted by Crippen LogP contribution is -2.25. The molecule has 4 rings (SSSR count). The van der Waals surface area contributed by atoms with Gasteiger partial charge >= 0.3 is 5.97 Å². The van der Waals surface area contributed by atoms with Crippen molar-refractivity contribution in [2.45, 2.75) is 13.3 Å². The first-order valence-electron chi connectivity index (χ1n) is 9.89. The number of hydrogen-bond donors (Lipinski definition) is 1. The molecule has 168 valence electrons. The van der Waals surface area contributed by atoms with E-state index in [-0.39, 0.29) is 30.0 Å². The predicted octanol–water partition coefficient (Wildman–Crippen LogP) is 5.22. The number of thiophene rings is 1. The number of rotatable bonds is 6. The smallest absolute Gasteiger partial charge is 0.359 e. The van der Waals surface area contributed by atoms with Gasteiger partial charge in [-0.05, 0) is 48.9 Å². The van der Waals surface area contributed by atoms with Crippen LogP contribution in [-0.2, 0) is 16.0 Å². The van der Waals surface area contributed by atoms with Crippen molar-refractivity contribution in [3.63, 3.8) is 0 Å². The number of carbonyl (C=O) groups is 2. The van der Waals surface area contributed by atoms with Gasteiger partial charge in [0.15, 0.2) is 5.69 Å². The third kappa shape index (κ3) is 5.00. The Morgan fingerprint density at radius 1 is 1.15 bits per heavy atom. The molecular weight excluding hydrogens is 530 g/mol. The van der Waals surface area contributed by atoms with E-state index in [2.05, 4.69) is 26.3 Å². The molecule has 0 fully saturated rings. The number of nitrogens with zero attached hydrogens (tertiary/aromatic N) is 2. The van der Waals surface area contributed by atoms with Crippen molar-refractivity contribution in [1.29, 1.82) is 0 Å². The van der Waals surface area contributed by atoms with Gasteiger partial charge in [-0.25, -0.2) is 4.79 Å². The first-order chi connectivity index (χ1) is 15.9. The van der Waals surface area contributed by atoms with Crippen LogP contribution in [0.4, 0.5) is 5.00 Å². The summed E-state index contributed by atoms with van der Waals surface area (Å²) >= 11 is 10.4. The molecule has 0 saturated carbocycles. The number of halogens is 2. The molecule has 0 radical (unpaired) electrons. The summed E-state index contributed by atoms with van der Waals surface area (Å²) in [6.07, 6.45) is 0.104. The van der Waals surface area contributed by atoms with Gasteiger partial charge < -0.3 is 10.1 Å². The second kappa shape index (κ2) is 9.86. The van der Waals surface area contributed by atoms with Crippen molar-refractivity contribution in [1.82, 2.24) is 9.78 Å². The zero-order valence-electron chi connectivity index (χ0n) is 17.3. The van der Waals surface area contributed by atoms with Crippen LogP contribution in [0.15, 0.2) is 63.2 Å². The van der Waals surface area contributed by atoms with Crippen molar-refractivity contribution in [3.8, 4) is 5.69 Å². The van der Waals surface area contributed by atoms with E-state index in [1.165, 1.54) is 0 Å². The molecule has 2 aromatic carbocycles. The van der Waals surface area contributed by atoms with Crippen molar-refractivity contribution >= 4 is 66.5 Å². The van der Waals surface area contributed by atoms with Crippen LogP contribution < -0.4 is 10.9 Å². The Morgan fingerprint density at radius 3 is 2.52 bits per heavy atom. The van der Waals surface area contributed by atoms with E-state index in [0.717, 1.165) is 26.1 Å². The fourth-order valence-corrected chi connectivity index (χ4v) is 4.55. The van der Waals surface area contributed by atoms with E-state index >= 15 is 0 Å². The average molecular weight is 547 g/mol. The Hall–Kier alpha value is -3.01. The summed E-state index contributed by atoms with van der Waals surface area (Å²) in [5.41, 5.74) is 0.798. The number of amides is 1. The third-order valence-electron chi connectivity index (χ3n) is 4.72. The van der Waals surface area contributed by atoms with Gasteiger partial charge in [0.2, 0.25) is 5.91 Å². The van der Waals surface area contributed by atoms with E-state index in [9.17, 15) is 14.4 Å². The van der Waals surface area contributed by atoms with Crippen LogP contribution in [0.5, 0.6) is 0 Å². The van der Waals surface area contributed by atoms with Crippen LogP contribution in [0, 0.1) is 0 Å². The second-order valence-corrected chi connectivity index (χ2v) is 9.20. The molecule has 2 heterocycles. The molecule has 10 heteroatoms. The maximum absolute atomic E-state index is 13.4. The molecule has 0 aliphatic carbocycles.